The molecule has 2 atom stereocenters. The average molecular weight is 336 g/mol. The van der Waals surface area contributed by atoms with E-state index in [1.807, 2.05) is 24.3 Å². The third kappa shape index (κ3) is 3.27. The molecule has 22 heavy (non-hydrogen) atoms. The normalized spacial score (nSPS) is 19.8. The minimum Gasteiger partial charge on any atom is -0.392 e. The molecule has 114 valence electrons. The van der Waals surface area contributed by atoms with Crippen LogP contribution in [0.25, 0.3) is 0 Å². The number of rotatable bonds is 4. The Bertz CT molecular complexity index is 718. The zero-order chi connectivity index (χ0) is 15.7. The molecule has 1 saturated carbocycles. The quantitative estimate of drug-likeness (QED) is 0.878. The van der Waals surface area contributed by atoms with Crippen LogP contribution in [0.1, 0.15) is 23.5 Å². The molecular formula is C17H15Cl2NO2. The van der Waals surface area contributed by atoms with E-state index in [4.69, 9.17) is 28.3 Å². The summed E-state index contributed by atoms with van der Waals surface area (Å²) in [4.78, 5) is 12.3. The van der Waals surface area contributed by atoms with Crippen molar-refractivity contribution in [2.75, 3.05) is 5.32 Å². The lowest BCUT2D eigenvalue weighted by Crippen LogP contribution is -2.14. The molecule has 3 rings (SSSR count). The standard InChI is InChI=1S/C17H15Cl2NO2/c18-12-3-1-2-10(6-12)14-8-15(14)17(22)20-13-5-4-11(9-21)16(19)7-13/h1-7,14-15,21H,8-9H2,(H,20,22). The van der Waals surface area contributed by atoms with Gasteiger partial charge in [0, 0.05) is 21.7 Å². The van der Waals surface area contributed by atoms with Crippen molar-refractivity contribution in [1.29, 1.82) is 0 Å². The molecule has 0 bridgehead atoms. The second kappa shape index (κ2) is 6.29. The van der Waals surface area contributed by atoms with Crippen molar-refractivity contribution < 1.29 is 9.90 Å². The van der Waals surface area contributed by atoms with Gasteiger partial charge >= 0.3 is 0 Å². The number of benzene rings is 2. The molecule has 1 aliphatic carbocycles. The fourth-order valence-electron chi connectivity index (χ4n) is 2.58. The molecule has 0 heterocycles. The first-order valence-electron chi connectivity index (χ1n) is 7.04. The summed E-state index contributed by atoms with van der Waals surface area (Å²) in [6.45, 7) is -0.119. The highest BCUT2D eigenvalue weighted by Crippen LogP contribution is 2.48. The summed E-state index contributed by atoms with van der Waals surface area (Å²) in [5.41, 5.74) is 2.38. The number of hydrogen-bond acceptors (Lipinski definition) is 2. The highest BCUT2D eigenvalue weighted by Gasteiger charge is 2.43. The van der Waals surface area contributed by atoms with Gasteiger partial charge in [-0.25, -0.2) is 0 Å². The molecule has 2 aromatic rings. The largest absolute Gasteiger partial charge is 0.392 e. The molecular weight excluding hydrogens is 321 g/mol. The molecule has 5 heteroatoms. The van der Waals surface area contributed by atoms with E-state index in [-0.39, 0.29) is 24.3 Å². The van der Waals surface area contributed by atoms with Gasteiger partial charge in [0.05, 0.1) is 6.61 Å². The van der Waals surface area contributed by atoms with Gasteiger partial charge in [-0.15, -0.1) is 0 Å². The van der Waals surface area contributed by atoms with E-state index < -0.39 is 0 Å². The van der Waals surface area contributed by atoms with Crippen LogP contribution in [-0.4, -0.2) is 11.0 Å². The molecule has 0 aliphatic heterocycles. The molecule has 2 aromatic carbocycles. The van der Waals surface area contributed by atoms with Gasteiger partial charge < -0.3 is 10.4 Å². The van der Waals surface area contributed by atoms with Crippen LogP contribution in [0, 0.1) is 5.92 Å². The Morgan fingerprint density at radius 2 is 2.05 bits per heavy atom. The maximum absolute atomic E-state index is 12.3. The van der Waals surface area contributed by atoms with Crippen LogP contribution in [0.2, 0.25) is 10.0 Å². The first kappa shape index (κ1) is 15.3. The van der Waals surface area contributed by atoms with Crippen molar-refractivity contribution in [2.45, 2.75) is 18.9 Å². The highest BCUT2D eigenvalue weighted by atomic mass is 35.5. The average Bonchev–Trinajstić information content (AvgIpc) is 3.28. The van der Waals surface area contributed by atoms with E-state index >= 15 is 0 Å². The fraction of sp³-hybridized carbons (Fsp3) is 0.235. The van der Waals surface area contributed by atoms with Crippen LogP contribution in [0.3, 0.4) is 0 Å². The summed E-state index contributed by atoms with van der Waals surface area (Å²) in [7, 11) is 0. The summed E-state index contributed by atoms with van der Waals surface area (Å²) in [5.74, 6) is 0.179. The first-order chi connectivity index (χ1) is 10.6. The van der Waals surface area contributed by atoms with Crippen LogP contribution in [0.15, 0.2) is 42.5 Å². The number of aliphatic hydroxyl groups excluding tert-OH is 1. The van der Waals surface area contributed by atoms with Crippen molar-refractivity contribution in [1.82, 2.24) is 0 Å². The van der Waals surface area contributed by atoms with E-state index in [1.165, 1.54) is 0 Å². The van der Waals surface area contributed by atoms with Gasteiger partial charge in [-0.3, -0.25) is 4.79 Å². The molecule has 1 fully saturated rings. The van der Waals surface area contributed by atoms with Gasteiger partial charge in [0.15, 0.2) is 0 Å². The first-order valence-corrected chi connectivity index (χ1v) is 7.79. The predicted octanol–water partition coefficient (Wildman–Crippen LogP) is 4.23. The van der Waals surface area contributed by atoms with Crippen molar-refractivity contribution >= 4 is 34.8 Å². The maximum Gasteiger partial charge on any atom is 0.228 e. The Labute approximate surface area is 138 Å². The monoisotopic (exact) mass is 335 g/mol. The predicted molar refractivity (Wildman–Crippen MR) is 88.3 cm³/mol. The van der Waals surface area contributed by atoms with Crippen molar-refractivity contribution in [2.24, 2.45) is 5.92 Å². The summed E-state index contributed by atoms with van der Waals surface area (Å²) in [6.07, 6.45) is 0.828. The fourth-order valence-corrected chi connectivity index (χ4v) is 3.02. The topological polar surface area (TPSA) is 49.3 Å². The number of amides is 1. The number of aliphatic hydroxyl groups is 1. The maximum atomic E-state index is 12.3. The minimum absolute atomic E-state index is 0.0159. The Hall–Kier alpha value is -1.55. The minimum atomic E-state index is -0.119. The van der Waals surface area contributed by atoms with Crippen LogP contribution in [-0.2, 0) is 11.4 Å². The molecule has 0 spiro atoms. The number of carbonyl (C=O) groups is 1. The lowest BCUT2D eigenvalue weighted by Gasteiger charge is -2.07. The van der Waals surface area contributed by atoms with E-state index in [0.29, 0.717) is 21.3 Å². The molecule has 2 N–H and O–H groups in total. The molecule has 0 radical (unpaired) electrons. The summed E-state index contributed by atoms with van der Waals surface area (Å²) < 4.78 is 0. The van der Waals surface area contributed by atoms with Gasteiger partial charge in [0.2, 0.25) is 5.91 Å². The zero-order valence-electron chi connectivity index (χ0n) is 11.7. The summed E-state index contributed by atoms with van der Waals surface area (Å²) in [6, 6.07) is 12.7. The van der Waals surface area contributed by atoms with Crippen LogP contribution >= 0.6 is 23.2 Å². The van der Waals surface area contributed by atoms with Gasteiger partial charge in [-0.05, 0) is 47.7 Å². The molecule has 0 aromatic heterocycles. The molecule has 2 unspecified atom stereocenters. The number of hydrogen-bond donors (Lipinski definition) is 2. The van der Waals surface area contributed by atoms with Crippen molar-refractivity contribution in [3.8, 4) is 0 Å². The second-order valence-corrected chi connectivity index (χ2v) is 6.30. The second-order valence-electron chi connectivity index (χ2n) is 5.46. The SMILES string of the molecule is O=C(Nc1ccc(CO)c(Cl)c1)C1CC1c1cccc(Cl)c1. The Morgan fingerprint density at radius 1 is 1.23 bits per heavy atom. The Morgan fingerprint density at radius 3 is 2.73 bits per heavy atom. The number of carbonyl (C=O) groups excluding carboxylic acids is 1. The van der Waals surface area contributed by atoms with E-state index in [2.05, 4.69) is 5.32 Å². The molecule has 0 saturated heterocycles. The Kier molecular flexibility index (Phi) is 4.39. The van der Waals surface area contributed by atoms with Crippen LogP contribution in [0.5, 0.6) is 0 Å². The van der Waals surface area contributed by atoms with Gasteiger partial charge in [-0.1, -0.05) is 41.4 Å². The van der Waals surface area contributed by atoms with Gasteiger partial charge in [0.1, 0.15) is 0 Å². The molecule has 1 amide bonds. The highest BCUT2D eigenvalue weighted by molar-refractivity contribution is 6.31. The molecule has 1 aliphatic rings. The van der Waals surface area contributed by atoms with E-state index in [9.17, 15) is 4.79 Å². The van der Waals surface area contributed by atoms with Crippen molar-refractivity contribution in [3.05, 3.63) is 63.6 Å². The third-order valence-corrected chi connectivity index (χ3v) is 4.48. The smallest absolute Gasteiger partial charge is 0.228 e. The van der Waals surface area contributed by atoms with Crippen LogP contribution < -0.4 is 5.32 Å². The van der Waals surface area contributed by atoms with Crippen LogP contribution in [0.4, 0.5) is 5.69 Å². The number of nitrogens with one attached hydrogen (secondary N) is 1. The third-order valence-electron chi connectivity index (χ3n) is 3.89. The summed E-state index contributed by atoms with van der Waals surface area (Å²) in [5, 5.41) is 13.1. The van der Waals surface area contributed by atoms with E-state index in [0.717, 1.165) is 12.0 Å². The van der Waals surface area contributed by atoms with E-state index in [1.54, 1.807) is 18.2 Å². The number of anilines is 1. The number of halogens is 2. The lowest BCUT2D eigenvalue weighted by atomic mass is 10.1. The van der Waals surface area contributed by atoms with Crippen molar-refractivity contribution in [3.63, 3.8) is 0 Å². The Balaban J connectivity index is 1.65. The van der Waals surface area contributed by atoms with Gasteiger partial charge in [0.25, 0.3) is 0 Å². The molecule has 3 nitrogen and oxygen atoms in total. The lowest BCUT2D eigenvalue weighted by molar-refractivity contribution is -0.117. The zero-order valence-corrected chi connectivity index (χ0v) is 13.2. The van der Waals surface area contributed by atoms with Gasteiger partial charge in [-0.2, -0.15) is 0 Å². The summed E-state index contributed by atoms with van der Waals surface area (Å²) >= 11 is 12.0.